The summed E-state index contributed by atoms with van der Waals surface area (Å²) in [6.45, 7) is 5.14. The molecule has 0 bridgehead atoms. The second kappa shape index (κ2) is 11.5. The summed E-state index contributed by atoms with van der Waals surface area (Å²) >= 11 is 12.1. The Bertz CT molecular complexity index is 960. The van der Waals surface area contributed by atoms with Crippen molar-refractivity contribution in [3.8, 4) is 0 Å². The fraction of sp³-hybridized carbons (Fsp3) is 0.417. The van der Waals surface area contributed by atoms with Crippen LogP contribution in [0.3, 0.4) is 0 Å². The Balaban J connectivity index is 1.82. The summed E-state index contributed by atoms with van der Waals surface area (Å²) in [6.07, 6.45) is 2.90. The first-order chi connectivity index (χ1) is 15.4. The van der Waals surface area contributed by atoms with Crippen molar-refractivity contribution in [2.45, 2.75) is 26.2 Å². The second-order valence-electron chi connectivity index (χ2n) is 8.08. The molecule has 1 aliphatic heterocycles. The van der Waals surface area contributed by atoms with Gasteiger partial charge in [0.15, 0.2) is 0 Å². The number of rotatable bonds is 8. The fourth-order valence-corrected chi connectivity index (χ4v) is 4.20. The van der Waals surface area contributed by atoms with Gasteiger partial charge in [-0.15, -0.1) is 0 Å². The Morgan fingerprint density at radius 1 is 1.06 bits per heavy atom. The lowest BCUT2D eigenvalue weighted by Crippen LogP contribution is -2.35. The average Bonchev–Trinajstić information content (AvgIpc) is 2.77. The molecule has 0 saturated carbocycles. The van der Waals surface area contributed by atoms with Crippen molar-refractivity contribution < 1.29 is 14.3 Å². The standard InChI is InChI=1S/C24H29Cl2N3O3/c1-16-8-11-29(12-9-16)22-7-5-18(15-20(22)23(30)27-10-3-13-32-2)28-24(31)19-6-4-17(25)14-21(19)26/h4-7,14-16H,3,8-13H2,1-2H3,(H,27,30)(H,28,31). The van der Waals surface area contributed by atoms with Crippen LogP contribution in [0.15, 0.2) is 36.4 Å². The number of carbonyl (C=O) groups excluding carboxylic acids is 2. The van der Waals surface area contributed by atoms with E-state index in [1.807, 2.05) is 12.1 Å². The molecule has 0 unspecified atom stereocenters. The highest BCUT2D eigenvalue weighted by atomic mass is 35.5. The third-order valence-corrected chi connectivity index (χ3v) is 6.16. The van der Waals surface area contributed by atoms with E-state index in [0.29, 0.717) is 40.9 Å². The zero-order valence-corrected chi connectivity index (χ0v) is 19.9. The number of methoxy groups -OCH3 is 1. The van der Waals surface area contributed by atoms with E-state index in [0.717, 1.165) is 38.0 Å². The minimum absolute atomic E-state index is 0.171. The van der Waals surface area contributed by atoms with Gasteiger partial charge in [-0.05, 0) is 61.6 Å². The van der Waals surface area contributed by atoms with Gasteiger partial charge in [-0.2, -0.15) is 0 Å². The molecule has 0 spiro atoms. The first-order valence-electron chi connectivity index (χ1n) is 10.8. The number of nitrogens with zero attached hydrogens (tertiary/aromatic N) is 1. The number of ether oxygens (including phenoxy) is 1. The van der Waals surface area contributed by atoms with Gasteiger partial charge in [-0.3, -0.25) is 9.59 Å². The Labute approximate surface area is 199 Å². The third-order valence-electron chi connectivity index (χ3n) is 5.61. The summed E-state index contributed by atoms with van der Waals surface area (Å²) in [5.74, 6) is 0.147. The minimum atomic E-state index is -0.363. The molecule has 8 heteroatoms. The van der Waals surface area contributed by atoms with Crippen molar-refractivity contribution in [3.63, 3.8) is 0 Å². The summed E-state index contributed by atoms with van der Waals surface area (Å²) < 4.78 is 5.05. The number of halogens is 2. The summed E-state index contributed by atoms with van der Waals surface area (Å²) in [4.78, 5) is 28.0. The quantitative estimate of drug-likeness (QED) is 0.509. The molecule has 32 heavy (non-hydrogen) atoms. The van der Waals surface area contributed by atoms with E-state index in [2.05, 4.69) is 22.5 Å². The van der Waals surface area contributed by atoms with E-state index in [1.165, 1.54) is 6.07 Å². The SMILES string of the molecule is COCCCNC(=O)c1cc(NC(=O)c2ccc(Cl)cc2Cl)ccc1N1CCC(C)CC1. The number of amides is 2. The molecular formula is C24H29Cl2N3O3. The summed E-state index contributed by atoms with van der Waals surface area (Å²) in [5.41, 5.74) is 2.26. The highest BCUT2D eigenvalue weighted by molar-refractivity contribution is 6.37. The molecule has 0 atom stereocenters. The van der Waals surface area contributed by atoms with Gasteiger partial charge >= 0.3 is 0 Å². The van der Waals surface area contributed by atoms with Crippen LogP contribution >= 0.6 is 23.2 Å². The molecule has 0 radical (unpaired) electrons. The van der Waals surface area contributed by atoms with Gasteiger partial charge in [0.2, 0.25) is 0 Å². The van der Waals surface area contributed by atoms with Crippen LogP contribution in [-0.4, -0.2) is 45.2 Å². The largest absolute Gasteiger partial charge is 0.385 e. The maximum atomic E-state index is 13.0. The zero-order valence-electron chi connectivity index (χ0n) is 18.4. The molecule has 0 aromatic heterocycles. The lowest BCUT2D eigenvalue weighted by atomic mass is 9.97. The van der Waals surface area contributed by atoms with Crippen LogP contribution in [0.1, 0.15) is 46.9 Å². The van der Waals surface area contributed by atoms with Crippen LogP contribution in [0, 0.1) is 5.92 Å². The van der Waals surface area contributed by atoms with Crippen LogP contribution in [0.25, 0.3) is 0 Å². The van der Waals surface area contributed by atoms with Gasteiger partial charge in [0.25, 0.3) is 11.8 Å². The van der Waals surface area contributed by atoms with Crippen molar-refractivity contribution in [1.29, 1.82) is 0 Å². The number of hydrogen-bond donors (Lipinski definition) is 2. The molecule has 3 rings (SSSR count). The number of benzene rings is 2. The first kappa shape index (κ1) is 24.4. The second-order valence-corrected chi connectivity index (χ2v) is 8.93. The van der Waals surface area contributed by atoms with E-state index in [9.17, 15) is 9.59 Å². The van der Waals surface area contributed by atoms with Crippen molar-refractivity contribution in [1.82, 2.24) is 5.32 Å². The Hall–Kier alpha value is -2.28. The molecule has 2 aromatic rings. The monoisotopic (exact) mass is 477 g/mol. The summed E-state index contributed by atoms with van der Waals surface area (Å²) in [6, 6.07) is 10.2. The smallest absolute Gasteiger partial charge is 0.257 e. The van der Waals surface area contributed by atoms with Gasteiger partial charge in [-0.25, -0.2) is 0 Å². The average molecular weight is 478 g/mol. The third kappa shape index (κ3) is 6.37. The molecule has 1 fully saturated rings. The predicted octanol–water partition coefficient (Wildman–Crippen LogP) is 5.25. The van der Waals surface area contributed by atoms with Gasteiger partial charge in [0.1, 0.15) is 0 Å². The molecule has 2 aromatic carbocycles. The van der Waals surface area contributed by atoms with E-state index in [1.54, 1.807) is 25.3 Å². The Kier molecular flexibility index (Phi) is 8.79. The molecule has 0 aliphatic carbocycles. The summed E-state index contributed by atoms with van der Waals surface area (Å²) in [7, 11) is 1.64. The number of carbonyl (C=O) groups is 2. The molecule has 1 aliphatic rings. The topological polar surface area (TPSA) is 70.7 Å². The van der Waals surface area contributed by atoms with Crippen LogP contribution < -0.4 is 15.5 Å². The number of anilines is 2. The first-order valence-corrected chi connectivity index (χ1v) is 11.6. The normalized spacial score (nSPS) is 14.3. The lowest BCUT2D eigenvalue weighted by Gasteiger charge is -2.33. The van der Waals surface area contributed by atoms with E-state index in [-0.39, 0.29) is 16.8 Å². The van der Waals surface area contributed by atoms with Crippen molar-refractivity contribution in [2.75, 3.05) is 43.6 Å². The number of hydrogen-bond acceptors (Lipinski definition) is 4. The van der Waals surface area contributed by atoms with Crippen molar-refractivity contribution >= 4 is 46.4 Å². The van der Waals surface area contributed by atoms with Crippen LogP contribution in [0.5, 0.6) is 0 Å². The molecular weight excluding hydrogens is 449 g/mol. The highest BCUT2D eigenvalue weighted by Gasteiger charge is 2.22. The van der Waals surface area contributed by atoms with Crippen molar-refractivity contribution in [2.24, 2.45) is 5.92 Å². The predicted molar refractivity (Wildman–Crippen MR) is 130 cm³/mol. The molecule has 172 valence electrons. The van der Waals surface area contributed by atoms with E-state index < -0.39 is 0 Å². The van der Waals surface area contributed by atoms with Gasteiger partial charge in [0.05, 0.1) is 16.1 Å². The summed E-state index contributed by atoms with van der Waals surface area (Å²) in [5, 5.41) is 6.52. The highest BCUT2D eigenvalue weighted by Crippen LogP contribution is 2.29. The fourth-order valence-electron chi connectivity index (χ4n) is 3.71. The Morgan fingerprint density at radius 2 is 1.81 bits per heavy atom. The zero-order chi connectivity index (χ0) is 23.1. The van der Waals surface area contributed by atoms with Crippen molar-refractivity contribution in [3.05, 3.63) is 57.6 Å². The van der Waals surface area contributed by atoms with Gasteiger partial charge in [-0.1, -0.05) is 30.1 Å². The number of piperidine rings is 1. The van der Waals surface area contributed by atoms with Gasteiger partial charge in [0, 0.05) is 49.7 Å². The molecule has 1 heterocycles. The number of nitrogens with one attached hydrogen (secondary N) is 2. The molecule has 2 N–H and O–H groups in total. The van der Waals surface area contributed by atoms with Crippen LogP contribution in [0.2, 0.25) is 10.0 Å². The van der Waals surface area contributed by atoms with Gasteiger partial charge < -0.3 is 20.3 Å². The molecule has 1 saturated heterocycles. The van der Waals surface area contributed by atoms with E-state index >= 15 is 0 Å². The lowest BCUT2D eigenvalue weighted by molar-refractivity contribution is 0.0947. The van der Waals surface area contributed by atoms with E-state index in [4.69, 9.17) is 27.9 Å². The molecule has 6 nitrogen and oxygen atoms in total. The van der Waals surface area contributed by atoms with Crippen LogP contribution in [0.4, 0.5) is 11.4 Å². The molecule has 2 amide bonds. The maximum Gasteiger partial charge on any atom is 0.257 e. The minimum Gasteiger partial charge on any atom is -0.385 e. The maximum absolute atomic E-state index is 13.0. The Morgan fingerprint density at radius 3 is 2.50 bits per heavy atom. The van der Waals surface area contributed by atoms with Crippen LogP contribution in [-0.2, 0) is 4.74 Å².